The average Bonchev–Trinajstić information content (AvgIpc) is 3.25. The molecule has 3 aromatic rings. The number of fused-ring (bicyclic) bond motifs is 7. The van der Waals surface area contributed by atoms with Crippen LogP contribution in [0.3, 0.4) is 0 Å². The molecule has 1 aliphatic heterocycles. The Morgan fingerprint density at radius 3 is 2.21 bits per heavy atom. The summed E-state index contributed by atoms with van der Waals surface area (Å²) in [5, 5.41) is 2.56. The second kappa shape index (κ2) is 6.62. The Kier molecular flexibility index (Phi) is 3.90. The van der Waals surface area contributed by atoms with Crippen LogP contribution in [0.5, 0.6) is 5.75 Å². The third-order valence-corrected chi connectivity index (χ3v) is 6.81. The van der Waals surface area contributed by atoms with Crippen LogP contribution >= 0.6 is 0 Å². The fraction of sp³-hybridized carbons (Fsp3) is 0.154. The minimum atomic E-state index is -1.79. The molecule has 0 bridgehead atoms. The predicted octanol–water partition coefficient (Wildman–Crippen LogP) is 4.13. The van der Waals surface area contributed by atoms with Crippen LogP contribution in [-0.4, -0.2) is 30.6 Å². The molecule has 7 heteroatoms. The highest BCUT2D eigenvalue weighted by Crippen LogP contribution is 2.59. The lowest BCUT2D eigenvalue weighted by Crippen LogP contribution is -2.52. The van der Waals surface area contributed by atoms with Gasteiger partial charge < -0.3 is 9.47 Å². The third kappa shape index (κ3) is 2.33. The van der Waals surface area contributed by atoms with Gasteiger partial charge in [0.25, 0.3) is 0 Å². The van der Waals surface area contributed by atoms with Crippen LogP contribution in [0.1, 0.15) is 48.3 Å². The second-order valence-corrected chi connectivity index (χ2v) is 8.31. The molecule has 3 aliphatic rings. The van der Waals surface area contributed by atoms with E-state index < -0.39 is 35.1 Å². The second-order valence-electron chi connectivity index (χ2n) is 8.31. The summed E-state index contributed by atoms with van der Waals surface area (Å²) in [7, 11) is 1.23. The number of benzene rings is 3. The van der Waals surface area contributed by atoms with Crippen molar-refractivity contribution in [1.82, 2.24) is 0 Å². The number of carbonyl (C=O) groups is 4. The maximum Gasteiger partial charge on any atom is 0.411 e. The molecule has 2 aliphatic carbocycles. The largest absolute Gasteiger partial charge is 0.485 e. The lowest BCUT2D eigenvalue weighted by atomic mass is 9.62. The molecule has 0 saturated heterocycles. The molecule has 2 atom stereocenters. The van der Waals surface area contributed by atoms with E-state index >= 15 is 0 Å². The van der Waals surface area contributed by atoms with E-state index in [4.69, 9.17) is 4.74 Å². The minimum Gasteiger partial charge on any atom is -0.485 e. The summed E-state index contributed by atoms with van der Waals surface area (Å²) in [6.07, 6.45) is -1.47. The molecule has 3 aromatic carbocycles. The van der Waals surface area contributed by atoms with Crippen LogP contribution in [0.25, 0.3) is 0 Å². The van der Waals surface area contributed by atoms with Crippen LogP contribution in [0.15, 0.2) is 66.7 Å². The minimum absolute atomic E-state index is 0.269. The average molecular weight is 439 g/mol. The first-order valence-corrected chi connectivity index (χ1v) is 10.5. The first-order valence-electron chi connectivity index (χ1n) is 10.5. The topological polar surface area (TPSA) is 98.8 Å². The number of ketones is 3. The molecular formula is C26H17NO6. The fourth-order valence-electron chi connectivity index (χ4n) is 5.44. The SMILES string of the molecule is COC(=O)Nc1ccc2c(c1)C1(C(=O)c3ccccc3C1=O)C1C(=O)c3ccccc3C1O2. The summed E-state index contributed by atoms with van der Waals surface area (Å²) in [5.74, 6) is -1.89. The number of ether oxygens (including phenoxy) is 2. The van der Waals surface area contributed by atoms with Gasteiger partial charge in [0.1, 0.15) is 17.3 Å². The number of methoxy groups -OCH3 is 1. The Morgan fingerprint density at radius 1 is 0.909 bits per heavy atom. The van der Waals surface area contributed by atoms with Crippen molar-refractivity contribution in [2.75, 3.05) is 12.4 Å². The number of rotatable bonds is 1. The monoisotopic (exact) mass is 439 g/mol. The van der Waals surface area contributed by atoms with Crippen LogP contribution in [-0.2, 0) is 10.2 Å². The highest BCUT2D eigenvalue weighted by molar-refractivity contribution is 6.36. The van der Waals surface area contributed by atoms with Gasteiger partial charge in [0.2, 0.25) is 0 Å². The van der Waals surface area contributed by atoms with E-state index in [1.807, 2.05) is 0 Å². The zero-order valence-electron chi connectivity index (χ0n) is 17.5. The lowest BCUT2D eigenvalue weighted by Gasteiger charge is -2.41. The van der Waals surface area contributed by atoms with Crippen molar-refractivity contribution < 1.29 is 28.7 Å². The Bertz CT molecular complexity index is 1370. The number of hydrogen-bond acceptors (Lipinski definition) is 6. The summed E-state index contributed by atoms with van der Waals surface area (Å²) >= 11 is 0. The van der Waals surface area contributed by atoms with E-state index in [0.717, 1.165) is 0 Å². The Morgan fingerprint density at radius 2 is 1.55 bits per heavy atom. The van der Waals surface area contributed by atoms with Crippen LogP contribution < -0.4 is 10.1 Å². The number of nitrogens with one attached hydrogen (secondary N) is 1. The molecule has 1 heterocycles. The van der Waals surface area contributed by atoms with Gasteiger partial charge in [0.05, 0.1) is 13.0 Å². The van der Waals surface area contributed by atoms with E-state index in [1.54, 1.807) is 60.7 Å². The standard InChI is InChI=1S/C26H17NO6/c1-32-25(31)27-13-10-11-19-18(12-13)26(23(29)16-8-4-5-9-17(16)24(26)30)20-21(28)14-6-2-3-7-15(14)22(20)33-19/h2-12,20,22H,1H3,(H,27,31). The van der Waals surface area contributed by atoms with Gasteiger partial charge in [-0.25, -0.2) is 4.79 Å². The van der Waals surface area contributed by atoms with Crippen molar-refractivity contribution in [2.45, 2.75) is 11.5 Å². The molecular weight excluding hydrogens is 422 g/mol. The third-order valence-electron chi connectivity index (χ3n) is 6.81. The van der Waals surface area contributed by atoms with Crippen molar-refractivity contribution in [2.24, 2.45) is 5.92 Å². The van der Waals surface area contributed by atoms with Gasteiger partial charge in [-0.3, -0.25) is 19.7 Å². The summed E-state index contributed by atoms with van der Waals surface area (Å²) in [4.78, 5) is 53.5. The molecule has 2 unspecified atom stereocenters. The van der Waals surface area contributed by atoms with Crippen LogP contribution in [0.2, 0.25) is 0 Å². The van der Waals surface area contributed by atoms with Crippen molar-refractivity contribution in [1.29, 1.82) is 0 Å². The molecule has 0 saturated carbocycles. The van der Waals surface area contributed by atoms with E-state index in [9.17, 15) is 19.2 Å². The molecule has 0 fully saturated rings. The molecule has 0 radical (unpaired) electrons. The molecule has 1 amide bonds. The molecule has 1 N–H and O–H groups in total. The first kappa shape index (κ1) is 19.4. The molecule has 7 nitrogen and oxygen atoms in total. The molecule has 1 spiro atoms. The van der Waals surface area contributed by atoms with Crippen molar-refractivity contribution in [3.05, 3.63) is 94.5 Å². The van der Waals surface area contributed by atoms with Gasteiger partial charge in [-0.1, -0.05) is 48.5 Å². The van der Waals surface area contributed by atoms with E-state index in [1.165, 1.54) is 13.2 Å². The smallest absolute Gasteiger partial charge is 0.411 e. The van der Waals surface area contributed by atoms with Gasteiger partial charge in [-0.15, -0.1) is 0 Å². The summed E-state index contributed by atoms with van der Waals surface area (Å²) < 4.78 is 10.9. The van der Waals surface area contributed by atoms with E-state index in [-0.39, 0.29) is 22.5 Å². The number of hydrogen-bond donors (Lipinski definition) is 1. The summed E-state index contributed by atoms with van der Waals surface area (Å²) in [6.45, 7) is 0. The Balaban J connectivity index is 1.64. The highest BCUT2D eigenvalue weighted by Gasteiger charge is 2.68. The number of Topliss-reactive ketones (excluding diaryl/α,β-unsaturated/α-hetero) is 3. The number of carbonyl (C=O) groups excluding carboxylic acids is 4. The summed E-state index contributed by atoms with van der Waals surface area (Å²) in [5.41, 5.74) is 0.473. The Hall–Kier alpha value is -4.26. The fourth-order valence-corrected chi connectivity index (χ4v) is 5.44. The van der Waals surface area contributed by atoms with Gasteiger partial charge in [-0.05, 0) is 18.2 Å². The zero-order valence-corrected chi connectivity index (χ0v) is 17.5. The van der Waals surface area contributed by atoms with Crippen molar-refractivity contribution >= 4 is 29.1 Å². The highest BCUT2D eigenvalue weighted by atomic mass is 16.5. The molecule has 0 aromatic heterocycles. The quantitative estimate of drug-likeness (QED) is 0.573. The first-order chi connectivity index (χ1) is 16.0. The van der Waals surface area contributed by atoms with Crippen LogP contribution in [0.4, 0.5) is 10.5 Å². The maximum absolute atomic E-state index is 14.0. The van der Waals surface area contributed by atoms with Crippen LogP contribution in [0, 0.1) is 5.92 Å². The normalized spacial score (nSPS) is 21.1. The van der Waals surface area contributed by atoms with Gasteiger partial charge in [0, 0.05) is 33.5 Å². The van der Waals surface area contributed by atoms with Gasteiger partial charge in [-0.2, -0.15) is 0 Å². The molecule has 6 rings (SSSR count). The van der Waals surface area contributed by atoms with Crippen molar-refractivity contribution in [3.8, 4) is 5.75 Å². The number of anilines is 1. The lowest BCUT2D eigenvalue weighted by molar-refractivity contribution is 0.0391. The molecule has 162 valence electrons. The van der Waals surface area contributed by atoms with Gasteiger partial charge in [0.15, 0.2) is 17.3 Å². The maximum atomic E-state index is 14.0. The van der Waals surface area contributed by atoms with E-state index in [2.05, 4.69) is 10.1 Å². The van der Waals surface area contributed by atoms with E-state index in [0.29, 0.717) is 22.6 Å². The van der Waals surface area contributed by atoms with Gasteiger partial charge >= 0.3 is 6.09 Å². The zero-order chi connectivity index (χ0) is 22.9. The van der Waals surface area contributed by atoms with Crippen molar-refractivity contribution in [3.63, 3.8) is 0 Å². The number of amides is 1. The molecule has 33 heavy (non-hydrogen) atoms. The summed E-state index contributed by atoms with van der Waals surface area (Å²) in [6, 6.07) is 18.4. The Labute approximate surface area is 188 Å². The predicted molar refractivity (Wildman–Crippen MR) is 117 cm³/mol.